The predicted molar refractivity (Wildman–Crippen MR) is 85.5 cm³/mol. The average molecular weight is 337 g/mol. The molecule has 4 heteroatoms. The van der Waals surface area contributed by atoms with Crippen molar-refractivity contribution in [3.05, 3.63) is 63.9 Å². The van der Waals surface area contributed by atoms with Gasteiger partial charge in [-0.2, -0.15) is 0 Å². The maximum absolute atomic E-state index is 13.7. The third-order valence-electron chi connectivity index (χ3n) is 3.51. The maximum atomic E-state index is 13.7. The van der Waals surface area contributed by atoms with Gasteiger partial charge >= 0.3 is 0 Å². The Morgan fingerprint density at radius 1 is 1.25 bits per heavy atom. The van der Waals surface area contributed by atoms with Gasteiger partial charge in [-0.1, -0.05) is 24.3 Å². The van der Waals surface area contributed by atoms with E-state index in [0.29, 0.717) is 11.0 Å². The zero-order valence-electron chi connectivity index (χ0n) is 11.6. The topological polar surface area (TPSA) is 29.3 Å². The van der Waals surface area contributed by atoms with Crippen molar-refractivity contribution < 1.29 is 4.39 Å². The van der Waals surface area contributed by atoms with Crippen LogP contribution in [0.2, 0.25) is 0 Å². The summed E-state index contributed by atoms with van der Waals surface area (Å²) >= 11 is 3.17. The van der Waals surface area contributed by atoms with Crippen LogP contribution in [-0.4, -0.2) is 13.6 Å². The molecule has 2 nitrogen and oxygen atoms in total. The third kappa shape index (κ3) is 3.02. The van der Waals surface area contributed by atoms with Crippen LogP contribution in [0, 0.1) is 12.7 Å². The van der Waals surface area contributed by atoms with Crippen LogP contribution in [0.15, 0.2) is 46.9 Å². The SMILES string of the molecule is Cc1ccccc1N(C)C(CN)c1ccc(Br)c(F)c1. The number of nitrogens with zero attached hydrogens (tertiary/aromatic N) is 1. The molecule has 20 heavy (non-hydrogen) atoms. The van der Waals surface area contributed by atoms with Gasteiger partial charge in [0.15, 0.2) is 0 Å². The molecule has 0 aromatic heterocycles. The number of nitrogens with two attached hydrogens (primary N) is 1. The van der Waals surface area contributed by atoms with Crippen LogP contribution in [0.3, 0.4) is 0 Å². The number of para-hydroxylation sites is 1. The highest BCUT2D eigenvalue weighted by atomic mass is 79.9. The molecule has 0 amide bonds. The molecular formula is C16H18BrFN2. The Balaban J connectivity index is 2.36. The minimum atomic E-state index is -0.265. The second-order valence-electron chi connectivity index (χ2n) is 4.82. The summed E-state index contributed by atoms with van der Waals surface area (Å²) in [5.41, 5.74) is 9.05. The highest BCUT2D eigenvalue weighted by molar-refractivity contribution is 9.10. The summed E-state index contributed by atoms with van der Waals surface area (Å²) in [7, 11) is 1.99. The first-order valence-electron chi connectivity index (χ1n) is 6.48. The largest absolute Gasteiger partial charge is 0.366 e. The van der Waals surface area contributed by atoms with Crippen LogP contribution in [0.5, 0.6) is 0 Å². The second kappa shape index (κ2) is 6.37. The van der Waals surface area contributed by atoms with Gasteiger partial charge in [0.05, 0.1) is 10.5 Å². The molecule has 1 unspecified atom stereocenters. The number of halogens is 2. The van der Waals surface area contributed by atoms with Crippen molar-refractivity contribution in [3.8, 4) is 0 Å². The lowest BCUT2D eigenvalue weighted by Gasteiger charge is -2.30. The van der Waals surface area contributed by atoms with E-state index in [1.54, 1.807) is 6.07 Å². The number of likely N-dealkylation sites (N-methyl/N-ethyl adjacent to an activating group) is 1. The van der Waals surface area contributed by atoms with Crippen LogP contribution in [-0.2, 0) is 0 Å². The van der Waals surface area contributed by atoms with Gasteiger partial charge in [-0.05, 0) is 52.2 Å². The molecule has 0 aliphatic carbocycles. The number of anilines is 1. The first-order valence-corrected chi connectivity index (χ1v) is 7.27. The van der Waals surface area contributed by atoms with E-state index in [-0.39, 0.29) is 11.9 Å². The number of aryl methyl sites for hydroxylation is 1. The van der Waals surface area contributed by atoms with E-state index in [1.807, 2.05) is 31.3 Å². The molecule has 0 spiro atoms. The number of benzene rings is 2. The lowest BCUT2D eigenvalue weighted by Crippen LogP contribution is -2.31. The van der Waals surface area contributed by atoms with Crippen molar-refractivity contribution in [2.24, 2.45) is 5.73 Å². The van der Waals surface area contributed by atoms with E-state index in [9.17, 15) is 4.39 Å². The molecule has 2 aromatic carbocycles. The molecule has 1 atom stereocenters. The standard InChI is InChI=1S/C16H18BrFN2/c1-11-5-3-4-6-15(11)20(2)16(10-19)12-7-8-13(17)14(18)9-12/h3-9,16H,10,19H2,1-2H3. The van der Waals surface area contributed by atoms with Crippen molar-refractivity contribution in [2.45, 2.75) is 13.0 Å². The normalized spacial score (nSPS) is 12.2. The van der Waals surface area contributed by atoms with Gasteiger partial charge in [0.1, 0.15) is 5.82 Å². The highest BCUT2D eigenvalue weighted by Crippen LogP contribution is 2.29. The summed E-state index contributed by atoms with van der Waals surface area (Å²) in [5.74, 6) is -0.265. The lowest BCUT2D eigenvalue weighted by atomic mass is 10.0. The summed E-state index contributed by atoms with van der Waals surface area (Å²) in [6.45, 7) is 2.48. The Hall–Kier alpha value is -1.39. The zero-order valence-corrected chi connectivity index (χ0v) is 13.2. The van der Waals surface area contributed by atoms with Gasteiger partial charge in [-0.15, -0.1) is 0 Å². The minimum Gasteiger partial charge on any atom is -0.366 e. The smallest absolute Gasteiger partial charge is 0.137 e. The Bertz CT molecular complexity index is 601. The van der Waals surface area contributed by atoms with Gasteiger partial charge in [0.2, 0.25) is 0 Å². The van der Waals surface area contributed by atoms with E-state index in [0.717, 1.165) is 11.3 Å². The molecule has 0 radical (unpaired) electrons. The molecule has 0 aliphatic heterocycles. The summed E-state index contributed by atoms with van der Waals surface area (Å²) in [6, 6.07) is 13.2. The lowest BCUT2D eigenvalue weighted by molar-refractivity contribution is 0.609. The van der Waals surface area contributed by atoms with Crippen molar-refractivity contribution in [1.29, 1.82) is 0 Å². The monoisotopic (exact) mass is 336 g/mol. The minimum absolute atomic E-state index is 0.0568. The van der Waals surface area contributed by atoms with Gasteiger partial charge in [0, 0.05) is 19.3 Å². The van der Waals surface area contributed by atoms with Crippen LogP contribution < -0.4 is 10.6 Å². The Kier molecular flexibility index (Phi) is 4.78. The van der Waals surface area contributed by atoms with Crippen molar-refractivity contribution >= 4 is 21.6 Å². The molecule has 0 bridgehead atoms. The fourth-order valence-corrected chi connectivity index (χ4v) is 2.61. The molecule has 2 N–H and O–H groups in total. The number of hydrogen-bond donors (Lipinski definition) is 1. The fourth-order valence-electron chi connectivity index (χ4n) is 2.36. The molecule has 0 heterocycles. The Morgan fingerprint density at radius 3 is 2.55 bits per heavy atom. The highest BCUT2D eigenvalue weighted by Gasteiger charge is 2.18. The van der Waals surface area contributed by atoms with Gasteiger partial charge in [-0.3, -0.25) is 0 Å². The third-order valence-corrected chi connectivity index (χ3v) is 4.16. The summed E-state index contributed by atoms with van der Waals surface area (Å²) in [4.78, 5) is 2.10. The van der Waals surface area contributed by atoms with Crippen molar-refractivity contribution in [1.82, 2.24) is 0 Å². The quantitative estimate of drug-likeness (QED) is 0.913. The first-order chi connectivity index (χ1) is 9.54. The Labute approximate surface area is 127 Å². The molecule has 0 saturated carbocycles. The van der Waals surface area contributed by atoms with Crippen LogP contribution in [0.25, 0.3) is 0 Å². The number of hydrogen-bond acceptors (Lipinski definition) is 2. The first kappa shape index (κ1) is 15.0. The molecule has 0 aliphatic rings. The molecular weight excluding hydrogens is 319 g/mol. The maximum Gasteiger partial charge on any atom is 0.137 e. The fraction of sp³-hybridized carbons (Fsp3) is 0.250. The molecule has 0 fully saturated rings. The van der Waals surface area contributed by atoms with E-state index in [2.05, 4.69) is 33.8 Å². The molecule has 106 valence electrons. The number of rotatable bonds is 4. The Morgan fingerprint density at radius 2 is 1.95 bits per heavy atom. The average Bonchev–Trinajstić information content (AvgIpc) is 2.44. The van der Waals surface area contributed by atoms with Crippen molar-refractivity contribution in [2.75, 3.05) is 18.5 Å². The predicted octanol–water partition coefficient (Wildman–Crippen LogP) is 4.03. The van der Waals surface area contributed by atoms with E-state index in [1.165, 1.54) is 11.6 Å². The zero-order chi connectivity index (χ0) is 14.7. The van der Waals surface area contributed by atoms with Gasteiger partial charge < -0.3 is 10.6 Å². The summed E-state index contributed by atoms with van der Waals surface area (Å²) in [6.07, 6.45) is 0. The van der Waals surface area contributed by atoms with E-state index in [4.69, 9.17) is 5.73 Å². The van der Waals surface area contributed by atoms with Gasteiger partial charge in [-0.25, -0.2) is 4.39 Å². The molecule has 2 rings (SSSR count). The van der Waals surface area contributed by atoms with Gasteiger partial charge in [0.25, 0.3) is 0 Å². The van der Waals surface area contributed by atoms with E-state index >= 15 is 0 Å². The molecule has 2 aromatic rings. The van der Waals surface area contributed by atoms with Crippen molar-refractivity contribution in [3.63, 3.8) is 0 Å². The summed E-state index contributed by atoms with van der Waals surface area (Å²) in [5, 5.41) is 0. The van der Waals surface area contributed by atoms with Crippen LogP contribution in [0.1, 0.15) is 17.2 Å². The van der Waals surface area contributed by atoms with Crippen LogP contribution in [0.4, 0.5) is 10.1 Å². The van der Waals surface area contributed by atoms with E-state index < -0.39 is 0 Å². The second-order valence-corrected chi connectivity index (χ2v) is 5.68. The van der Waals surface area contributed by atoms with Crippen LogP contribution >= 0.6 is 15.9 Å². The molecule has 0 saturated heterocycles. The summed E-state index contributed by atoms with van der Waals surface area (Å²) < 4.78 is 14.2.